The number of ketones is 2. The van der Waals surface area contributed by atoms with Crippen molar-refractivity contribution >= 4 is 11.6 Å². The molecule has 0 bridgehead atoms. The first-order valence-corrected chi connectivity index (χ1v) is 11.6. The number of rotatable bonds is 10. The highest BCUT2D eigenvalue weighted by atomic mass is 16.1. The van der Waals surface area contributed by atoms with Gasteiger partial charge < -0.3 is 0 Å². The number of carbonyl (C=O) groups excluding carboxylic acids is 2. The molecule has 0 amide bonds. The van der Waals surface area contributed by atoms with Crippen LogP contribution in [0.25, 0.3) is 0 Å². The van der Waals surface area contributed by atoms with Gasteiger partial charge in [-0.05, 0) is 79.1 Å². The smallest absolute Gasteiger partial charge is 0.190 e. The van der Waals surface area contributed by atoms with Crippen LogP contribution in [0.5, 0.6) is 0 Å². The molecule has 0 heterocycles. The Labute approximate surface area is 188 Å². The zero-order valence-corrected chi connectivity index (χ0v) is 20.2. The third kappa shape index (κ3) is 7.02. The highest BCUT2D eigenvalue weighted by Gasteiger charge is 2.31. The van der Waals surface area contributed by atoms with E-state index in [1.807, 2.05) is 12.1 Å². The molecule has 1 aromatic rings. The SMILES string of the molecule is CC(C)=CCC/C(C)=C/CC/C(C)=C/CCC(C)C1=C(C)C(=O)c2ccccc2C1=O. The molecule has 0 saturated carbocycles. The normalized spacial score (nSPS) is 15.8. The van der Waals surface area contributed by atoms with Gasteiger partial charge >= 0.3 is 0 Å². The number of hydrogen-bond donors (Lipinski definition) is 0. The predicted octanol–water partition coefficient (Wildman–Crippen LogP) is 8.22. The Kier molecular flexibility index (Phi) is 9.43. The zero-order valence-electron chi connectivity index (χ0n) is 20.2. The molecule has 0 fully saturated rings. The standard InChI is InChI=1S/C29H38O2/c1-20(2)12-9-13-21(3)14-10-15-22(4)16-11-17-23(5)27-24(6)28(30)25-18-7-8-19-26(25)29(27)31/h7-8,12,14,16,18-19,23H,9-11,13,15,17H2,1-6H3/b21-14+,22-16+. The van der Waals surface area contributed by atoms with Crippen LogP contribution >= 0.6 is 0 Å². The number of allylic oxidation sites excluding steroid dienone is 8. The molecule has 2 nitrogen and oxygen atoms in total. The summed E-state index contributed by atoms with van der Waals surface area (Å²) < 4.78 is 0. The quantitative estimate of drug-likeness (QED) is 0.359. The highest BCUT2D eigenvalue weighted by Crippen LogP contribution is 2.32. The average molecular weight is 419 g/mol. The Bertz CT molecular complexity index is 933. The van der Waals surface area contributed by atoms with Crippen molar-refractivity contribution in [3.63, 3.8) is 0 Å². The van der Waals surface area contributed by atoms with Crippen molar-refractivity contribution in [2.24, 2.45) is 5.92 Å². The van der Waals surface area contributed by atoms with Gasteiger partial charge in [0.05, 0.1) is 0 Å². The third-order valence-electron chi connectivity index (χ3n) is 6.11. The van der Waals surface area contributed by atoms with E-state index in [9.17, 15) is 9.59 Å². The molecule has 1 aliphatic rings. The number of hydrogen-bond acceptors (Lipinski definition) is 2. The van der Waals surface area contributed by atoms with Crippen molar-refractivity contribution in [3.8, 4) is 0 Å². The van der Waals surface area contributed by atoms with E-state index in [4.69, 9.17) is 0 Å². The van der Waals surface area contributed by atoms with Gasteiger partial charge in [0.2, 0.25) is 0 Å². The molecule has 1 aliphatic carbocycles. The molecule has 0 N–H and O–H groups in total. The van der Waals surface area contributed by atoms with Gasteiger partial charge in [-0.3, -0.25) is 9.59 Å². The number of fused-ring (bicyclic) bond motifs is 1. The Morgan fingerprint density at radius 2 is 1.32 bits per heavy atom. The van der Waals surface area contributed by atoms with Gasteiger partial charge in [0, 0.05) is 22.3 Å². The fourth-order valence-corrected chi connectivity index (χ4v) is 4.18. The second kappa shape index (κ2) is 11.8. The van der Waals surface area contributed by atoms with Gasteiger partial charge in [-0.15, -0.1) is 0 Å². The first-order chi connectivity index (χ1) is 14.7. The van der Waals surface area contributed by atoms with Crippen molar-refractivity contribution < 1.29 is 9.59 Å². The lowest BCUT2D eigenvalue weighted by molar-refractivity contribution is 0.0965. The molecule has 0 aliphatic heterocycles. The van der Waals surface area contributed by atoms with Crippen LogP contribution in [-0.4, -0.2) is 11.6 Å². The molecular weight excluding hydrogens is 380 g/mol. The van der Waals surface area contributed by atoms with E-state index in [1.54, 1.807) is 19.1 Å². The van der Waals surface area contributed by atoms with Crippen molar-refractivity contribution in [1.82, 2.24) is 0 Å². The first-order valence-electron chi connectivity index (χ1n) is 11.6. The maximum atomic E-state index is 13.0. The summed E-state index contributed by atoms with van der Waals surface area (Å²) in [5, 5.41) is 0. The minimum absolute atomic E-state index is 0.00415. The molecule has 1 atom stereocenters. The number of carbonyl (C=O) groups is 2. The molecule has 2 heteroatoms. The number of benzene rings is 1. The molecule has 1 unspecified atom stereocenters. The van der Waals surface area contributed by atoms with Gasteiger partial charge in [0.1, 0.15) is 0 Å². The van der Waals surface area contributed by atoms with Crippen molar-refractivity contribution in [3.05, 3.63) is 81.5 Å². The summed E-state index contributed by atoms with van der Waals surface area (Å²) in [4.78, 5) is 25.7. The largest absolute Gasteiger partial charge is 0.289 e. The molecule has 0 aromatic heterocycles. The van der Waals surface area contributed by atoms with Crippen LogP contribution in [0.4, 0.5) is 0 Å². The monoisotopic (exact) mass is 418 g/mol. The minimum atomic E-state index is -0.00415. The van der Waals surface area contributed by atoms with Gasteiger partial charge in [-0.1, -0.05) is 66.1 Å². The van der Waals surface area contributed by atoms with Crippen LogP contribution in [0.3, 0.4) is 0 Å². The molecule has 166 valence electrons. The maximum Gasteiger partial charge on any atom is 0.190 e. The lowest BCUT2D eigenvalue weighted by Crippen LogP contribution is -2.24. The van der Waals surface area contributed by atoms with Crippen LogP contribution in [0.2, 0.25) is 0 Å². The topological polar surface area (TPSA) is 34.1 Å². The summed E-state index contributed by atoms with van der Waals surface area (Å²) in [6.07, 6.45) is 13.2. The summed E-state index contributed by atoms with van der Waals surface area (Å²) in [6, 6.07) is 7.17. The van der Waals surface area contributed by atoms with Crippen LogP contribution in [-0.2, 0) is 0 Å². The fraction of sp³-hybridized carbons (Fsp3) is 0.448. The minimum Gasteiger partial charge on any atom is -0.289 e. The second-order valence-electron chi connectivity index (χ2n) is 9.18. The molecule has 2 rings (SSSR count). The van der Waals surface area contributed by atoms with Crippen molar-refractivity contribution in [1.29, 1.82) is 0 Å². The molecule has 0 saturated heterocycles. The molecular formula is C29H38O2. The van der Waals surface area contributed by atoms with E-state index in [2.05, 4.69) is 52.8 Å². The molecule has 31 heavy (non-hydrogen) atoms. The van der Waals surface area contributed by atoms with E-state index in [-0.39, 0.29) is 17.5 Å². The van der Waals surface area contributed by atoms with E-state index in [0.717, 1.165) is 38.5 Å². The van der Waals surface area contributed by atoms with Gasteiger partial charge in [0.15, 0.2) is 11.6 Å². The lowest BCUT2D eigenvalue weighted by atomic mass is 9.78. The van der Waals surface area contributed by atoms with E-state index in [1.165, 1.54) is 16.7 Å². The Balaban J connectivity index is 1.88. The number of Topliss-reactive ketones (excluding diaryl/α,β-unsaturated/α-hetero) is 2. The van der Waals surface area contributed by atoms with E-state index in [0.29, 0.717) is 22.3 Å². The molecule has 0 spiro atoms. The third-order valence-corrected chi connectivity index (χ3v) is 6.11. The zero-order chi connectivity index (χ0) is 23.0. The average Bonchev–Trinajstić information content (AvgIpc) is 2.72. The first kappa shape index (κ1) is 24.8. The van der Waals surface area contributed by atoms with Crippen LogP contribution in [0.15, 0.2) is 70.4 Å². The van der Waals surface area contributed by atoms with Crippen LogP contribution in [0, 0.1) is 5.92 Å². The Morgan fingerprint density at radius 3 is 1.90 bits per heavy atom. The molecule has 0 radical (unpaired) electrons. The van der Waals surface area contributed by atoms with E-state index < -0.39 is 0 Å². The van der Waals surface area contributed by atoms with Gasteiger partial charge in [0.25, 0.3) is 0 Å². The van der Waals surface area contributed by atoms with Crippen LogP contribution < -0.4 is 0 Å². The Morgan fingerprint density at radius 1 is 0.806 bits per heavy atom. The van der Waals surface area contributed by atoms with Crippen molar-refractivity contribution in [2.75, 3.05) is 0 Å². The summed E-state index contributed by atoms with van der Waals surface area (Å²) in [5.41, 5.74) is 6.65. The second-order valence-corrected chi connectivity index (χ2v) is 9.18. The maximum absolute atomic E-state index is 13.0. The Hall–Kier alpha value is -2.48. The van der Waals surface area contributed by atoms with Gasteiger partial charge in [-0.25, -0.2) is 0 Å². The predicted molar refractivity (Wildman–Crippen MR) is 132 cm³/mol. The summed E-state index contributed by atoms with van der Waals surface area (Å²) >= 11 is 0. The van der Waals surface area contributed by atoms with Gasteiger partial charge in [-0.2, -0.15) is 0 Å². The summed E-state index contributed by atoms with van der Waals surface area (Å²) in [6.45, 7) is 12.6. The van der Waals surface area contributed by atoms with E-state index >= 15 is 0 Å². The summed E-state index contributed by atoms with van der Waals surface area (Å²) in [7, 11) is 0. The summed E-state index contributed by atoms with van der Waals surface area (Å²) in [5.74, 6) is 0.0937. The lowest BCUT2D eigenvalue weighted by Gasteiger charge is -2.23. The van der Waals surface area contributed by atoms with Crippen LogP contribution in [0.1, 0.15) is 101 Å². The molecule has 1 aromatic carbocycles. The highest BCUT2D eigenvalue weighted by molar-refractivity contribution is 6.26. The fourth-order valence-electron chi connectivity index (χ4n) is 4.18. The van der Waals surface area contributed by atoms with Crippen molar-refractivity contribution in [2.45, 2.75) is 80.1 Å².